The van der Waals surface area contributed by atoms with Crippen molar-refractivity contribution in [2.24, 2.45) is 0 Å². The third kappa shape index (κ3) is 5.47. The monoisotopic (exact) mass is 521 g/mol. The molecule has 0 atom stereocenters. The number of aromatic nitrogens is 1. The predicted octanol–water partition coefficient (Wildman–Crippen LogP) is 5.51. The molecule has 0 saturated carbocycles. The first kappa shape index (κ1) is 24.5. The van der Waals surface area contributed by atoms with Gasteiger partial charge in [0.2, 0.25) is 5.43 Å². The van der Waals surface area contributed by atoms with Gasteiger partial charge in [-0.2, -0.15) is 0 Å². The lowest BCUT2D eigenvalue weighted by Crippen LogP contribution is -2.35. The van der Waals surface area contributed by atoms with Crippen LogP contribution in [0.2, 0.25) is 10.0 Å². The van der Waals surface area contributed by atoms with E-state index < -0.39 is 5.91 Å². The molecule has 1 aliphatic heterocycles. The van der Waals surface area contributed by atoms with Crippen LogP contribution in [-0.2, 0) is 17.8 Å². The number of hydrogen-bond donors (Lipinski definition) is 1. The van der Waals surface area contributed by atoms with Crippen molar-refractivity contribution in [3.05, 3.63) is 110 Å². The summed E-state index contributed by atoms with van der Waals surface area (Å²) in [5.74, 6) is -0.394. The summed E-state index contributed by atoms with van der Waals surface area (Å²) in [6.07, 6.45) is 1.50. The highest BCUT2D eigenvalue weighted by molar-refractivity contribution is 6.31. The van der Waals surface area contributed by atoms with Crippen LogP contribution >= 0.6 is 23.2 Å². The van der Waals surface area contributed by atoms with E-state index in [1.165, 1.54) is 6.20 Å². The van der Waals surface area contributed by atoms with Crippen molar-refractivity contribution >= 4 is 45.7 Å². The third-order valence-corrected chi connectivity index (χ3v) is 6.83. The number of hydrogen-bond acceptors (Lipinski definition) is 4. The number of carbonyl (C=O) groups is 1. The Morgan fingerprint density at radius 2 is 1.56 bits per heavy atom. The van der Waals surface area contributed by atoms with E-state index in [1.54, 1.807) is 41.3 Å². The molecule has 0 aliphatic carbocycles. The molecule has 5 rings (SSSR count). The number of nitrogens with zero attached hydrogens (tertiary/aromatic N) is 2. The Morgan fingerprint density at radius 1 is 0.917 bits per heavy atom. The first-order chi connectivity index (χ1) is 17.5. The number of anilines is 1. The molecule has 2 heterocycles. The highest BCUT2D eigenvalue weighted by atomic mass is 35.5. The van der Waals surface area contributed by atoms with Crippen LogP contribution in [0.4, 0.5) is 5.69 Å². The lowest BCUT2D eigenvalue weighted by Gasteiger charge is -2.26. The molecule has 184 valence electrons. The van der Waals surface area contributed by atoms with Gasteiger partial charge in [-0.15, -0.1) is 0 Å². The van der Waals surface area contributed by atoms with E-state index in [0.29, 0.717) is 39.8 Å². The van der Waals surface area contributed by atoms with E-state index >= 15 is 0 Å². The highest BCUT2D eigenvalue weighted by Crippen LogP contribution is 2.23. The van der Waals surface area contributed by atoms with Gasteiger partial charge in [0.1, 0.15) is 5.56 Å². The second-order valence-electron chi connectivity index (χ2n) is 8.79. The average molecular weight is 522 g/mol. The molecule has 1 aromatic heterocycles. The van der Waals surface area contributed by atoms with Crippen LogP contribution in [0.3, 0.4) is 0 Å². The molecule has 0 spiro atoms. The van der Waals surface area contributed by atoms with Crippen molar-refractivity contribution in [2.75, 3.05) is 31.2 Å². The Morgan fingerprint density at radius 3 is 2.25 bits per heavy atom. The number of carbonyl (C=O) groups excluding carboxylic acids is 1. The average Bonchev–Trinajstić information content (AvgIpc) is 2.90. The Balaban J connectivity index is 1.50. The summed E-state index contributed by atoms with van der Waals surface area (Å²) in [5.41, 5.74) is 3.02. The van der Waals surface area contributed by atoms with Crippen LogP contribution in [0.5, 0.6) is 0 Å². The van der Waals surface area contributed by atoms with Crippen LogP contribution in [0.25, 0.3) is 10.9 Å². The lowest BCUT2D eigenvalue weighted by molar-refractivity contribution is 0.0342. The summed E-state index contributed by atoms with van der Waals surface area (Å²) in [6.45, 7) is 4.12. The fourth-order valence-electron chi connectivity index (χ4n) is 4.36. The van der Waals surface area contributed by atoms with Crippen LogP contribution < -0.4 is 10.3 Å². The molecule has 36 heavy (non-hydrogen) atoms. The van der Waals surface area contributed by atoms with Crippen molar-refractivity contribution in [3.8, 4) is 0 Å². The van der Waals surface area contributed by atoms with Gasteiger partial charge in [-0.3, -0.25) is 14.5 Å². The Bertz CT molecular complexity index is 1430. The molecule has 1 amide bonds. The molecule has 1 aliphatic rings. The molecule has 3 aromatic carbocycles. The number of amides is 1. The Kier molecular flexibility index (Phi) is 7.39. The summed E-state index contributed by atoms with van der Waals surface area (Å²) in [7, 11) is 0. The smallest absolute Gasteiger partial charge is 0.264 e. The number of aromatic amines is 1. The van der Waals surface area contributed by atoms with Crippen LogP contribution in [0, 0.1) is 0 Å². The second-order valence-corrected chi connectivity index (χ2v) is 9.67. The highest BCUT2D eigenvalue weighted by Gasteiger charge is 2.22. The van der Waals surface area contributed by atoms with Gasteiger partial charge in [-0.25, -0.2) is 0 Å². The minimum absolute atomic E-state index is 0.0786. The van der Waals surface area contributed by atoms with Crippen molar-refractivity contribution in [2.45, 2.75) is 13.1 Å². The second kappa shape index (κ2) is 10.8. The molecule has 1 N–H and O–H groups in total. The Hall–Kier alpha value is -3.16. The first-order valence-corrected chi connectivity index (χ1v) is 12.5. The summed E-state index contributed by atoms with van der Waals surface area (Å²) in [6, 6.07) is 20.1. The summed E-state index contributed by atoms with van der Waals surface area (Å²) >= 11 is 12.1. The van der Waals surface area contributed by atoms with Gasteiger partial charge in [-0.05, 0) is 59.7 Å². The van der Waals surface area contributed by atoms with Gasteiger partial charge in [0.15, 0.2) is 0 Å². The number of fused-ring (bicyclic) bond motifs is 1. The number of morpholine rings is 1. The van der Waals surface area contributed by atoms with E-state index in [-0.39, 0.29) is 17.5 Å². The maximum atomic E-state index is 13.8. The van der Waals surface area contributed by atoms with Crippen molar-refractivity contribution in [3.63, 3.8) is 0 Å². The lowest BCUT2D eigenvalue weighted by atomic mass is 10.1. The van der Waals surface area contributed by atoms with Gasteiger partial charge in [0.05, 0.1) is 19.8 Å². The third-order valence-electron chi connectivity index (χ3n) is 6.32. The number of benzene rings is 3. The van der Waals surface area contributed by atoms with Crippen molar-refractivity contribution in [1.29, 1.82) is 0 Å². The molecule has 8 heteroatoms. The predicted molar refractivity (Wildman–Crippen MR) is 144 cm³/mol. The zero-order chi connectivity index (χ0) is 25.1. The molecule has 0 bridgehead atoms. The Labute approximate surface area is 219 Å². The number of nitrogens with one attached hydrogen (secondary N) is 1. The number of rotatable bonds is 6. The van der Waals surface area contributed by atoms with Gasteiger partial charge >= 0.3 is 0 Å². The normalized spacial score (nSPS) is 14.2. The molecule has 6 nitrogen and oxygen atoms in total. The molecular formula is C28H25Cl2N3O3. The minimum Gasteiger partial charge on any atom is -0.379 e. The molecule has 0 unspecified atom stereocenters. The van der Waals surface area contributed by atoms with E-state index in [4.69, 9.17) is 27.9 Å². The largest absolute Gasteiger partial charge is 0.379 e. The molecule has 1 fully saturated rings. The van der Waals surface area contributed by atoms with E-state index in [1.807, 2.05) is 30.3 Å². The molecular weight excluding hydrogens is 497 g/mol. The van der Waals surface area contributed by atoms with Gasteiger partial charge < -0.3 is 14.6 Å². The van der Waals surface area contributed by atoms with Gasteiger partial charge in [0.25, 0.3) is 5.91 Å². The topological polar surface area (TPSA) is 65.6 Å². The van der Waals surface area contributed by atoms with Gasteiger partial charge in [-0.1, -0.05) is 41.4 Å². The van der Waals surface area contributed by atoms with Crippen LogP contribution in [0.1, 0.15) is 21.5 Å². The molecule has 1 saturated heterocycles. The number of pyridine rings is 1. The SMILES string of the molecule is O=C(c1c[nH]c2ccc(CN3CCOCC3)cc2c1=O)N(Cc1ccc(Cl)cc1)c1ccc(Cl)cc1. The standard InChI is InChI=1S/C28H25Cl2N3O3/c29-21-4-1-19(2-5-21)18-33(23-8-6-22(30)7-9-23)28(35)25-16-31-26-10-3-20(15-24(26)27(25)34)17-32-11-13-36-14-12-32/h1-10,15-16H,11-14,17-18H2,(H,31,34). The fraction of sp³-hybridized carbons (Fsp3) is 0.214. The van der Waals surface area contributed by atoms with Crippen LogP contribution in [-0.4, -0.2) is 42.1 Å². The van der Waals surface area contributed by atoms with E-state index in [2.05, 4.69) is 9.88 Å². The van der Waals surface area contributed by atoms with Crippen molar-refractivity contribution in [1.82, 2.24) is 9.88 Å². The zero-order valence-electron chi connectivity index (χ0n) is 19.5. The fourth-order valence-corrected chi connectivity index (χ4v) is 4.61. The zero-order valence-corrected chi connectivity index (χ0v) is 21.1. The number of ether oxygens (including phenoxy) is 1. The summed E-state index contributed by atoms with van der Waals surface area (Å²) in [5, 5.41) is 1.67. The first-order valence-electron chi connectivity index (χ1n) is 11.7. The maximum Gasteiger partial charge on any atom is 0.264 e. The van der Waals surface area contributed by atoms with Gasteiger partial charge in [0, 0.05) is 52.5 Å². The maximum absolute atomic E-state index is 13.8. The summed E-state index contributed by atoms with van der Waals surface area (Å²) in [4.78, 5) is 34.4. The van der Waals surface area contributed by atoms with Crippen LogP contribution in [0.15, 0.2) is 77.7 Å². The quantitative estimate of drug-likeness (QED) is 0.363. The van der Waals surface area contributed by atoms with Crippen molar-refractivity contribution < 1.29 is 9.53 Å². The molecule has 0 radical (unpaired) electrons. The minimum atomic E-state index is -0.394. The van der Waals surface area contributed by atoms with E-state index in [0.717, 1.165) is 30.8 Å². The number of halogens is 2. The number of H-pyrrole nitrogens is 1. The molecule has 4 aromatic rings. The van der Waals surface area contributed by atoms with E-state index in [9.17, 15) is 9.59 Å². The summed E-state index contributed by atoms with van der Waals surface area (Å²) < 4.78 is 5.43.